The molecule has 1 N–H and O–H groups in total. The predicted octanol–water partition coefficient (Wildman–Crippen LogP) is 3.57. The normalized spacial score (nSPS) is 31.0. The van der Waals surface area contributed by atoms with Gasteiger partial charge in [-0.05, 0) is 43.2 Å². The van der Waals surface area contributed by atoms with E-state index < -0.39 is 0 Å². The minimum Gasteiger partial charge on any atom is -0.466 e. The summed E-state index contributed by atoms with van der Waals surface area (Å²) in [6.45, 7) is 2.30. The van der Waals surface area contributed by atoms with Crippen LogP contribution in [0.4, 0.5) is 0 Å². The Bertz CT molecular complexity index is 564. The molecule has 1 aromatic rings. The van der Waals surface area contributed by atoms with E-state index >= 15 is 0 Å². The van der Waals surface area contributed by atoms with Gasteiger partial charge in [0.25, 0.3) is 0 Å². The van der Waals surface area contributed by atoms with Crippen LogP contribution in [0.5, 0.6) is 0 Å². The lowest BCUT2D eigenvalue weighted by molar-refractivity contribution is -0.145. The molecule has 0 bridgehead atoms. The second kappa shape index (κ2) is 5.84. The number of benzene rings is 1. The molecular weight excluding hydrogens is 262 g/mol. The number of allylic oxidation sites excluding steroid dienone is 2. The Morgan fingerprint density at radius 1 is 1.33 bits per heavy atom. The van der Waals surface area contributed by atoms with Crippen molar-refractivity contribution in [2.75, 3.05) is 6.61 Å². The molecule has 0 radical (unpaired) electrons. The smallest absolute Gasteiger partial charge is 0.309 e. The van der Waals surface area contributed by atoms with Crippen molar-refractivity contribution in [1.82, 2.24) is 0 Å². The zero-order valence-electron chi connectivity index (χ0n) is 12.3. The number of hydrogen-bond donors (Lipinski definition) is 1. The molecule has 2 aliphatic rings. The maximum Gasteiger partial charge on any atom is 0.309 e. The van der Waals surface area contributed by atoms with E-state index in [0.29, 0.717) is 24.2 Å². The third-order valence-corrected chi connectivity index (χ3v) is 4.60. The minimum absolute atomic E-state index is 0.0192. The lowest BCUT2D eigenvalue weighted by Gasteiger charge is -2.17. The van der Waals surface area contributed by atoms with Crippen LogP contribution >= 0.6 is 0 Å². The van der Waals surface area contributed by atoms with Crippen LogP contribution in [0.15, 0.2) is 42.5 Å². The summed E-state index contributed by atoms with van der Waals surface area (Å²) < 4.78 is 5.25. The van der Waals surface area contributed by atoms with Crippen molar-refractivity contribution in [1.29, 1.82) is 5.41 Å². The van der Waals surface area contributed by atoms with Gasteiger partial charge in [0.05, 0.1) is 12.5 Å². The molecule has 0 saturated heterocycles. The van der Waals surface area contributed by atoms with Gasteiger partial charge >= 0.3 is 5.97 Å². The van der Waals surface area contributed by atoms with Crippen LogP contribution in [0.1, 0.15) is 31.2 Å². The molecule has 110 valence electrons. The first-order valence-electron chi connectivity index (χ1n) is 7.69. The molecule has 3 rings (SSSR count). The summed E-state index contributed by atoms with van der Waals surface area (Å²) in [4.78, 5) is 12.2. The van der Waals surface area contributed by atoms with Crippen LogP contribution in [0.3, 0.4) is 0 Å². The standard InChI is InChI=1S/C18H21NO2/c1-2-21-18(20)17-15(12-6-4-3-5-7-12)16(17)13-8-10-14(19)11-9-13/h3-8,10,13,15-17,19H,2,9,11H2,1H3. The first-order chi connectivity index (χ1) is 10.2. The molecule has 0 amide bonds. The number of carbonyl (C=O) groups excluding carboxylic acids is 1. The Morgan fingerprint density at radius 2 is 2.10 bits per heavy atom. The first-order valence-corrected chi connectivity index (χ1v) is 7.69. The number of rotatable bonds is 4. The fourth-order valence-electron chi connectivity index (χ4n) is 3.58. The van der Waals surface area contributed by atoms with Gasteiger partial charge in [-0.25, -0.2) is 0 Å². The average molecular weight is 283 g/mol. The Morgan fingerprint density at radius 3 is 2.71 bits per heavy atom. The van der Waals surface area contributed by atoms with E-state index in [4.69, 9.17) is 10.1 Å². The highest BCUT2D eigenvalue weighted by Gasteiger charge is 2.58. The topological polar surface area (TPSA) is 50.2 Å². The summed E-state index contributed by atoms with van der Waals surface area (Å²) in [5, 5.41) is 7.68. The Balaban J connectivity index is 1.81. The van der Waals surface area contributed by atoms with E-state index in [9.17, 15) is 4.79 Å². The lowest BCUT2D eigenvalue weighted by Crippen LogP contribution is -2.14. The van der Waals surface area contributed by atoms with E-state index in [-0.39, 0.29) is 17.8 Å². The SMILES string of the molecule is CCOC(=O)C1C(c2ccccc2)C1C1C=CC(=N)CC1. The highest BCUT2D eigenvalue weighted by atomic mass is 16.5. The van der Waals surface area contributed by atoms with Crippen LogP contribution in [0.25, 0.3) is 0 Å². The molecule has 3 nitrogen and oxygen atoms in total. The van der Waals surface area contributed by atoms with Crippen LogP contribution < -0.4 is 0 Å². The highest BCUT2D eigenvalue weighted by molar-refractivity contribution is 5.93. The van der Waals surface area contributed by atoms with Gasteiger partial charge in [-0.3, -0.25) is 4.79 Å². The first kappa shape index (κ1) is 14.1. The van der Waals surface area contributed by atoms with Crippen LogP contribution in [0.2, 0.25) is 0 Å². The molecule has 2 aliphatic carbocycles. The molecule has 4 atom stereocenters. The van der Waals surface area contributed by atoms with E-state index in [1.165, 1.54) is 5.56 Å². The van der Waals surface area contributed by atoms with Gasteiger partial charge in [0.1, 0.15) is 0 Å². The van der Waals surface area contributed by atoms with Crippen molar-refractivity contribution in [3.63, 3.8) is 0 Å². The summed E-state index contributed by atoms with van der Waals surface area (Å²) in [7, 11) is 0. The van der Waals surface area contributed by atoms with Gasteiger partial charge in [-0.1, -0.05) is 36.4 Å². The quantitative estimate of drug-likeness (QED) is 0.859. The van der Waals surface area contributed by atoms with Gasteiger partial charge in [0.15, 0.2) is 0 Å². The number of nitrogens with one attached hydrogen (secondary N) is 1. The van der Waals surface area contributed by atoms with Gasteiger partial charge < -0.3 is 10.1 Å². The average Bonchev–Trinajstić information content (AvgIpc) is 3.25. The van der Waals surface area contributed by atoms with Crippen LogP contribution in [-0.2, 0) is 9.53 Å². The van der Waals surface area contributed by atoms with E-state index in [0.717, 1.165) is 12.8 Å². The summed E-state index contributed by atoms with van der Waals surface area (Å²) >= 11 is 0. The number of ether oxygens (including phenoxy) is 1. The maximum absolute atomic E-state index is 12.2. The molecular formula is C18H21NO2. The van der Waals surface area contributed by atoms with Crippen LogP contribution in [-0.4, -0.2) is 18.3 Å². The van der Waals surface area contributed by atoms with Crippen molar-refractivity contribution in [3.8, 4) is 0 Å². The van der Waals surface area contributed by atoms with Gasteiger partial charge in [0.2, 0.25) is 0 Å². The Labute approximate surface area is 125 Å². The molecule has 0 aliphatic heterocycles. The van der Waals surface area contributed by atoms with E-state index in [1.54, 1.807) is 0 Å². The monoisotopic (exact) mass is 283 g/mol. The van der Waals surface area contributed by atoms with Gasteiger partial charge in [0, 0.05) is 11.6 Å². The van der Waals surface area contributed by atoms with Crippen LogP contribution in [0, 0.1) is 23.2 Å². The van der Waals surface area contributed by atoms with E-state index in [2.05, 4.69) is 18.2 Å². The van der Waals surface area contributed by atoms with Crippen molar-refractivity contribution in [2.24, 2.45) is 17.8 Å². The summed E-state index contributed by atoms with van der Waals surface area (Å²) in [5.41, 5.74) is 1.92. The zero-order chi connectivity index (χ0) is 14.8. The lowest BCUT2D eigenvalue weighted by atomic mass is 9.88. The third-order valence-electron chi connectivity index (χ3n) is 4.60. The van der Waals surface area contributed by atoms with Crippen molar-refractivity contribution < 1.29 is 9.53 Å². The predicted molar refractivity (Wildman–Crippen MR) is 82.4 cm³/mol. The Kier molecular flexibility index (Phi) is 3.91. The summed E-state index contributed by atoms with van der Waals surface area (Å²) in [5.74, 6) is 0.904. The third kappa shape index (κ3) is 2.78. The summed E-state index contributed by atoms with van der Waals surface area (Å²) in [6, 6.07) is 10.3. The van der Waals surface area contributed by atoms with Crippen molar-refractivity contribution >= 4 is 11.7 Å². The second-order valence-electron chi connectivity index (χ2n) is 5.88. The van der Waals surface area contributed by atoms with Gasteiger partial charge in [-0.2, -0.15) is 0 Å². The molecule has 0 heterocycles. The molecule has 0 spiro atoms. The minimum atomic E-state index is -0.0644. The van der Waals surface area contributed by atoms with Crippen molar-refractivity contribution in [2.45, 2.75) is 25.7 Å². The number of carbonyl (C=O) groups is 1. The largest absolute Gasteiger partial charge is 0.466 e. The number of hydrogen-bond acceptors (Lipinski definition) is 3. The fraction of sp³-hybridized carbons (Fsp3) is 0.444. The molecule has 4 unspecified atom stereocenters. The molecule has 3 heteroatoms. The van der Waals surface area contributed by atoms with E-state index in [1.807, 2.05) is 31.2 Å². The molecule has 21 heavy (non-hydrogen) atoms. The summed E-state index contributed by atoms with van der Waals surface area (Å²) in [6.07, 6.45) is 5.80. The zero-order valence-corrected chi connectivity index (χ0v) is 12.3. The Hall–Kier alpha value is -1.90. The highest BCUT2D eigenvalue weighted by Crippen LogP contribution is 2.59. The molecule has 1 saturated carbocycles. The molecule has 1 aromatic carbocycles. The molecule has 0 aromatic heterocycles. The van der Waals surface area contributed by atoms with Crippen molar-refractivity contribution in [3.05, 3.63) is 48.0 Å². The number of esters is 1. The fourth-order valence-corrected chi connectivity index (χ4v) is 3.58. The maximum atomic E-state index is 12.2. The molecule has 1 fully saturated rings. The van der Waals surface area contributed by atoms with Gasteiger partial charge in [-0.15, -0.1) is 0 Å². The second-order valence-corrected chi connectivity index (χ2v) is 5.88.